The highest BCUT2D eigenvalue weighted by molar-refractivity contribution is 5.93. The van der Waals surface area contributed by atoms with Gasteiger partial charge in [0.1, 0.15) is 5.56 Å². The van der Waals surface area contributed by atoms with Gasteiger partial charge in [-0.1, -0.05) is 13.8 Å². The van der Waals surface area contributed by atoms with Crippen LogP contribution in [0.3, 0.4) is 0 Å². The van der Waals surface area contributed by atoms with E-state index in [0.717, 1.165) is 18.5 Å². The molecule has 0 radical (unpaired) electrons. The molecule has 5 nitrogen and oxygen atoms in total. The van der Waals surface area contributed by atoms with Crippen LogP contribution in [0.25, 0.3) is 0 Å². The summed E-state index contributed by atoms with van der Waals surface area (Å²) in [4.78, 5) is 26.4. The van der Waals surface area contributed by atoms with E-state index in [-0.39, 0.29) is 29.3 Å². The lowest BCUT2D eigenvalue weighted by molar-refractivity contribution is 0.0940. The molecule has 0 spiro atoms. The van der Waals surface area contributed by atoms with Crippen LogP contribution in [-0.4, -0.2) is 23.0 Å². The first kappa shape index (κ1) is 17.7. The zero-order valence-corrected chi connectivity index (χ0v) is 12.4. The molecule has 108 valence electrons. The van der Waals surface area contributed by atoms with E-state index in [9.17, 15) is 9.59 Å². The van der Waals surface area contributed by atoms with Crippen molar-refractivity contribution in [3.8, 4) is 0 Å². The lowest BCUT2D eigenvalue weighted by Crippen LogP contribution is -2.49. The zero-order valence-electron chi connectivity index (χ0n) is 11.6. The van der Waals surface area contributed by atoms with E-state index in [0.29, 0.717) is 6.54 Å². The lowest BCUT2D eigenvalue weighted by atomic mass is 9.94. The molecule has 6 heteroatoms. The van der Waals surface area contributed by atoms with Gasteiger partial charge in [-0.2, -0.15) is 0 Å². The highest BCUT2D eigenvalue weighted by Gasteiger charge is 2.21. The third-order valence-corrected chi connectivity index (χ3v) is 3.31. The Balaban J connectivity index is 0.00000324. The summed E-state index contributed by atoms with van der Waals surface area (Å²) in [7, 11) is 0. The van der Waals surface area contributed by atoms with Crippen LogP contribution in [-0.2, 0) is 0 Å². The Hall–Kier alpha value is -1.33. The summed E-state index contributed by atoms with van der Waals surface area (Å²) in [6.07, 6.45) is 2.98. The fraction of sp³-hybridized carbons (Fsp3) is 0.538. The smallest absolute Gasteiger partial charge is 0.256 e. The molecule has 1 aromatic heterocycles. The molecule has 0 atom stereocenters. The molecular formula is C13H22ClN3O2. The Labute approximate surface area is 119 Å². The van der Waals surface area contributed by atoms with E-state index in [4.69, 9.17) is 5.73 Å². The summed E-state index contributed by atoms with van der Waals surface area (Å²) in [6.45, 7) is 6.09. The van der Waals surface area contributed by atoms with E-state index in [1.165, 1.54) is 12.3 Å². The van der Waals surface area contributed by atoms with Gasteiger partial charge in [0, 0.05) is 30.0 Å². The summed E-state index contributed by atoms with van der Waals surface area (Å²) < 4.78 is 0. The molecule has 1 rings (SSSR count). The molecule has 0 fully saturated rings. The molecule has 0 saturated heterocycles. The third-order valence-electron chi connectivity index (χ3n) is 3.31. The highest BCUT2D eigenvalue weighted by atomic mass is 35.5. The van der Waals surface area contributed by atoms with Crippen LogP contribution in [0.15, 0.2) is 17.1 Å². The van der Waals surface area contributed by atoms with Crippen LogP contribution in [0.2, 0.25) is 0 Å². The van der Waals surface area contributed by atoms with E-state index < -0.39 is 5.54 Å². The van der Waals surface area contributed by atoms with Gasteiger partial charge in [0.15, 0.2) is 5.43 Å². The van der Waals surface area contributed by atoms with E-state index in [1.807, 2.05) is 13.8 Å². The molecule has 0 bridgehead atoms. The fourth-order valence-electron chi connectivity index (χ4n) is 1.60. The number of rotatable bonds is 5. The number of aryl methyl sites for hydroxylation is 1. The van der Waals surface area contributed by atoms with E-state index in [1.54, 1.807) is 6.92 Å². The van der Waals surface area contributed by atoms with Crippen LogP contribution in [0.5, 0.6) is 0 Å². The number of hydrogen-bond acceptors (Lipinski definition) is 3. The number of nitrogens with two attached hydrogens (primary N) is 1. The van der Waals surface area contributed by atoms with Crippen molar-refractivity contribution in [2.45, 2.75) is 39.2 Å². The standard InChI is InChI=1S/C13H21N3O2.ClH/c1-4-13(14,5-2)8-16-12(18)10-7-15-9(3)6-11(10)17;/h6-7H,4-5,8,14H2,1-3H3,(H,15,17)(H,16,18);1H. The van der Waals surface area contributed by atoms with Gasteiger partial charge in [0.2, 0.25) is 0 Å². The predicted molar refractivity (Wildman–Crippen MR) is 78.9 cm³/mol. The molecule has 0 aliphatic rings. The van der Waals surface area contributed by atoms with Crippen molar-refractivity contribution in [1.29, 1.82) is 0 Å². The first-order chi connectivity index (χ1) is 8.41. The van der Waals surface area contributed by atoms with E-state index >= 15 is 0 Å². The van der Waals surface area contributed by atoms with Gasteiger partial charge in [0.25, 0.3) is 5.91 Å². The molecule has 0 aliphatic heterocycles. The van der Waals surface area contributed by atoms with Crippen LogP contribution >= 0.6 is 12.4 Å². The minimum atomic E-state index is -0.410. The van der Waals surface area contributed by atoms with Crippen LogP contribution < -0.4 is 16.5 Å². The number of aromatic nitrogens is 1. The number of nitrogens with one attached hydrogen (secondary N) is 2. The molecule has 0 saturated carbocycles. The molecule has 0 aliphatic carbocycles. The largest absolute Gasteiger partial charge is 0.364 e. The fourth-order valence-corrected chi connectivity index (χ4v) is 1.60. The number of halogens is 1. The molecule has 1 aromatic rings. The predicted octanol–water partition coefficient (Wildman–Crippen LogP) is 1.35. The van der Waals surface area contributed by atoms with Gasteiger partial charge in [0.05, 0.1) is 0 Å². The summed E-state index contributed by atoms with van der Waals surface area (Å²) in [5.41, 5.74) is 6.25. The van der Waals surface area contributed by atoms with Crippen molar-refractivity contribution in [2.24, 2.45) is 5.73 Å². The van der Waals surface area contributed by atoms with Crippen molar-refractivity contribution in [3.05, 3.63) is 33.7 Å². The van der Waals surface area contributed by atoms with Crippen molar-refractivity contribution < 1.29 is 4.79 Å². The topological polar surface area (TPSA) is 88.0 Å². The highest BCUT2D eigenvalue weighted by Crippen LogP contribution is 2.09. The molecular weight excluding hydrogens is 266 g/mol. The normalized spacial score (nSPS) is 10.7. The average Bonchev–Trinajstić information content (AvgIpc) is 2.35. The summed E-state index contributed by atoms with van der Waals surface area (Å²) in [5, 5.41) is 2.72. The van der Waals surface area contributed by atoms with Crippen molar-refractivity contribution in [1.82, 2.24) is 10.3 Å². The van der Waals surface area contributed by atoms with Gasteiger partial charge in [-0.3, -0.25) is 9.59 Å². The molecule has 0 unspecified atom stereocenters. The number of carbonyl (C=O) groups excluding carboxylic acids is 1. The van der Waals surface area contributed by atoms with Crippen LogP contribution in [0.4, 0.5) is 0 Å². The SMILES string of the molecule is CCC(N)(CC)CNC(=O)c1c[nH]c(C)cc1=O.Cl. The number of H-pyrrole nitrogens is 1. The number of pyridine rings is 1. The number of hydrogen-bond donors (Lipinski definition) is 3. The molecule has 4 N–H and O–H groups in total. The van der Waals surface area contributed by atoms with Crippen LogP contribution in [0, 0.1) is 6.92 Å². The average molecular weight is 288 g/mol. The van der Waals surface area contributed by atoms with Gasteiger partial charge in [-0.05, 0) is 19.8 Å². The van der Waals surface area contributed by atoms with Crippen molar-refractivity contribution >= 4 is 18.3 Å². The van der Waals surface area contributed by atoms with Crippen molar-refractivity contribution in [2.75, 3.05) is 6.54 Å². The number of amides is 1. The maximum Gasteiger partial charge on any atom is 0.256 e. The summed E-state index contributed by atoms with van der Waals surface area (Å²) in [6, 6.07) is 1.41. The second kappa shape index (κ2) is 7.31. The molecule has 19 heavy (non-hydrogen) atoms. The Morgan fingerprint density at radius 3 is 2.47 bits per heavy atom. The number of carbonyl (C=O) groups is 1. The lowest BCUT2D eigenvalue weighted by Gasteiger charge is -2.26. The maximum atomic E-state index is 11.9. The van der Waals surface area contributed by atoms with Gasteiger partial charge in [-0.25, -0.2) is 0 Å². The minimum Gasteiger partial charge on any atom is -0.364 e. The Morgan fingerprint density at radius 1 is 1.42 bits per heavy atom. The maximum absolute atomic E-state index is 11.9. The quantitative estimate of drug-likeness (QED) is 0.764. The second-order valence-corrected chi connectivity index (χ2v) is 4.65. The Bertz CT molecular complexity index is 481. The Morgan fingerprint density at radius 2 is 2.00 bits per heavy atom. The van der Waals surface area contributed by atoms with Gasteiger partial charge < -0.3 is 16.0 Å². The molecule has 1 heterocycles. The van der Waals surface area contributed by atoms with Gasteiger partial charge in [-0.15, -0.1) is 12.4 Å². The second-order valence-electron chi connectivity index (χ2n) is 4.65. The van der Waals surface area contributed by atoms with Crippen LogP contribution in [0.1, 0.15) is 42.7 Å². The van der Waals surface area contributed by atoms with Gasteiger partial charge >= 0.3 is 0 Å². The monoisotopic (exact) mass is 287 g/mol. The van der Waals surface area contributed by atoms with Crippen molar-refractivity contribution in [3.63, 3.8) is 0 Å². The summed E-state index contributed by atoms with van der Waals surface area (Å²) >= 11 is 0. The molecule has 1 amide bonds. The zero-order chi connectivity index (χ0) is 13.8. The third kappa shape index (κ3) is 4.69. The molecule has 0 aromatic carbocycles. The number of aromatic amines is 1. The minimum absolute atomic E-state index is 0. The first-order valence-corrected chi connectivity index (χ1v) is 6.18. The first-order valence-electron chi connectivity index (χ1n) is 6.18. The van der Waals surface area contributed by atoms with E-state index in [2.05, 4.69) is 10.3 Å². The summed E-state index contributed by atoms with van der Waals surface area (Å²) in [5.74, 6) is -0.382. The Kier molecular flexibility index (Phi) is 6.79.